The van der Waals surface area contributed by atoms with Crippen LogP contribution in [0.3, 0.4) is 0 Å². The van der Waals surface area contributed by atoms with Gasteiger partial charge in [-0.1, -0.05) is 66.7 Å². The summed E-state index contributed by atoms with van der Waals surface area (Å²) in [6, 6.07) is 28.0. The number of carbonyl (C=O) groups is 1. The molecule has 0 fully saturated rings. The fraction of sp³-hybridized carbons (Fsp3) is 0.241. The summed E-state index contributed by atoms with van der Waals surface area (Å²) in [6.07, 6.45) is -0.281. The van der Waals surface area contributed by atoms with Crippen molar-refractivity contribution in [1.82, 2.24) is 4.98 Å². The highest BCUT2D eigenvalue weighted by atomic mass is 16.6. The van der Waals surface area contributed by atoms with Crippen molar-refractivity contribution >= 4 is 16.9 Å². The molecule has 0 spiro atoms. The minimum atomic E-state index is -0.666. The number of fused-ring (bicyclic) bond motifs is 1. The summed E-state index contributed by atoms with van der Waals surface area (Å²) < 4.78 is 17.2. The summed E-state index contributed by atoms with van der Waals surface area (Å²) in [6.45, 7) is 4.78. The zero-order valence-electron chi connectivity index (χ0n) is 19.6. The number of rotatable bonds is 10. The normalized spacial score (nSPS) is 11.8. The van der Waals surface area contributed by atoms with Crippen LogP contribution in [0.1, 0.15) is 25.0 Å². The molecule has 0 N–H and O–H groups in total. The third-order valence-electron chi connectivity index (χ3n) is 5.55. The molecule has 1 unspecified atom stereocenters. The third kappa shape index (κ3) is 5.61. The Hall–Kier alpha value is -3.70. The second kappa shape index (κ2) is 11.4. The van der Waals surface area contributed by atoms with Gasteiger partial charge in [0.05, 0.1) is 17.8 Å². The summed E-state index contributed by atoms with van der Waals surface area (Å²) in [7, 11) is 0. The molecule has 4 rings (SSSR count). The molecule has 5 heteroatoms. The lowest BCUT2D eigenvalue weighted by atomic mass is 10.0. The largest absolute Gasteiger partial charge is 0.489 e. The Morgan fingerprint density at radius 2 is 1.59 bits per heavy atom. The van der Waals surface area contributed by atoms with Crippen molar-refractivity contribution in [3.8, 4) is 17.0 Å². The van der Waals surface area contributed by atoms with Gasteiger partial charge in [0.1, 0.15) is 12.4 Å². The topological polar surface area (TPSA) is 57.7 Å². The summed E-state index contributed by atoms with van der Waals surface area (Å²) in [5, 5.41) is 1.05. The molecule has 3 aromatic carbocycles. The molecule has 1 heterocycles. The first-order valence-electron chi connectivity index (χ1n) is 11.6. The number of hydrogen-bond acceptors (Lipinski definition) is 5. The number of hydrogen-bond donors (Lipinski definition) is 0. The van der Waals surface area contributed by atoms with Crippen LogP contribution in [0.5, 0.6) is 5.75 Å². The van der Waals surface area contributed by atoms with Crippen LogP contribution in [-0.4, -0.2) is 30.3 Å². The van der Waals surface area contributed by atoms with Gasteiger partial charge in [-0.25, -0.2) is 9.78 Å². The minimum Gasteiger partial charge on any atom is -0.489 e. The minimum absolute atomic E-state index is 0.319. The van der Waals surface area contributed by atoms with E-state index in [2.05, 4.69) is 24.3 Å². The van der Waals surface area contributed by atoms with Gasteiger partial charge in [0.2, 0.25) is 0 Å². The van der Waals surface area contributed by atoms with Gasteiger partial charge in [0.15, 0.2) is 6.10 Å². The van der Waals surface area contributed by atoms with Crippen molar-refractivity contribution in [2.75, 3.05) is 13.2 Å². The average Bonchev–Trinajstić information content (AvgIpc) is 2.88. The van der Waals surface area contributed by atoms with Gasteiger partial charge in [0, 0.05) is 29.5 Å². The fourth-order valence-corrected chi connectivity index (χ4v) is 3.94. The number of para-hydroxylation sites is 2. The van der Waals surface area contributed by atoms with Gasteiger partial charge in [0.25, 0.3) is 0 Å². The molecule has 0 aliphatic carbocycles. The Morgan fingerprint density at radius 1 is 0.853 bits per heavy atom. The Kier molecular flexibility index (Phi) is 7.89. The number of nitrogens with zero attached hydrogens (tertiary/aromatic N) is 1. The van der Waals surface area contributed by atoms with Gasteiger partial charge >= 0.3 is 5.97 Å². The van der Waals surface area contributed by atoms with Crippen LogP contribution in [0.25, 0.3) is 22.2 Å². The summed E-state index contributed by atoms with van der Waals surface area (Å²) in [5.41, 5.74) is 4.84. The Labute approximate surface area is 200 Å². The van der Waals surface area contributed by atoms with Crippen molar-refractivity contribution in [3.63, 3.8) is 0 Å². The molecule has 0 radical (unpaired) electrons. The number of esters is 1. The lowest BCUT2D eigenvalue weighted by molar-refractivity contribution is -0.156. The van der Waals surface area contributed by atoms with Gasteiger partial charge in [-0.3, -0.25) is 0 Å². The van der Waals surface area contributed by atoms with E-state index < -0.39 is 6.10 Å². The van der Waals surface area contributed by atoms with Gasteiger partial charge in [-0.2, -0.15) is 0 Å². The number of pyridine rings is 1. The summed E-state index contributed by atoms with van der Waals surface area (Å²) >= 11 is 0. The number of aromatic nitrogens is 1. The van der Waals surface area contributed by atoms with Crippen LogP contribution in [0.4, 0.5) is 0 Å². The van der Waals surface area contributed by atoms with Crippen LogP contribution < -0.4 is 4.74 Å². The van der Waals surface area contributed by atoms with E-state index in [-0.39, 0.29) is 5.97 Å². The molecule has 1 aromatic heterocycles. The van der Waals surface area contributed by atoms with E-state index in [0.717, 1.165) is 39.0 Å². The Bertz CT molecular complexity index is 1240. The van der Waals surface area contributed by atoms with Crippen LogP contribution in [-0.2, 0) is 27.3 Å². The maximum absolute atomic E-state index is 12.4. The number of carbonyl (C=O) groups excluding carboxylic acids is 1. The van der Waals surface area contributed by atoms with E-state index >= 15 is 0 Å². The SMILES string of the molecule is CCOC(=O)C(Cc1ccccc1OCc1cc(-c2ccccc2)nc2ccccc12)OCC. The molecule has 4 aromatic rings. The molecule has 0 aliphatic rings. The lowest BCUT2D eigenvalue weighted by Crippen LogP contribution is -2.29. The van der Waals surface area contributed by atoms with Crippen molar-refractivity contribution in [1.29, 1.82) is 0 Å². The van der Waals surface area contributed by atoms with E-state index in [4.69, 9.17) is 19.2 Å². The van der Waals surface area contributed by atoms with Crippen LogP contribution in [0, 0.1) is 0 Å². The number of benzene rings is 3. The first-order valence-corrected chi connectivity index (χ1v) is 11.6. The monoisotopic (exact) mass is 455 g/mol. The van der Waals surface area contributed by atoms with E-state index in [1.807, 2.05) is 67.6 Å². The predicted molar refractivity (Wildman–Crippen MR) is 134 cm³/mol. The predicted octanol–water partition coefficient (Wildman–Crippen LogP) is 5.99. The first-order chi connectivity index (χ1) is 16.7. The molecule has 0 aliphatic heterocycles. The Morgan fingerprint density at radius 3 is 2.38 bits per heavy atom. The molecule has 34 heavy (non-hydrogen) atoms. The molecular formula is C29H29NO4. The smallest absolute Gasteiger partial charge is 0.335 e. The highest BCUT2D eigenvalue weighted by molar-refractivity contribution is 5.85. The van der Waals surface area contributed by atoms with Crippen LogP contribution in [0.15, 0.2) is 84.9 Å². The van der Waals surface area contributed by atoms with Crippen LogP contribution in [0.2, 0.25) is 0 Å². The molecule has 0 bridgehead atoms. The van der Waals surface area contributed by atoms with E-state index in [1.54, 1.807) is 6.92 Å². The molecular weight excluding hydrogens is 426 g/mol. The maximum atomic E-state index is 12.4. The zero-order valence-corrected chi connectivity index (χ0v) is 19.6. The van der Waals surface area contributed by atoms with Gasteiger partial charge in [-0.05, 0) is 37.6 Å². The van der Waals surface area contributed by atoms with E-state index in [0.29, 0.717) is 26.2 Å². The second-order valence-corrected chi connectivity index (χ2v) is 7.85. The summed E-state index contributed by atoms with van der Waals surface area (Å²) in [4.78, 5) is 17.2. The van der Waals surface area contributed by atoms with Crippen molar-refractivity contribution in [2.45, 2.75) is 33.0 Å². The van der Waals surface area contributed by atoms with Gasteiger partial charge in [-0.15, -0.1) is 0 Å². The van der Waals surface area contributed by atoms with E-state index in [1.165, 1.54) is 0 Å². The second-order valence-electron chi connectivity index (χ2n) is 7.85. The standard InChI is InChI=1S/C29H29NO4/c1-3-32-28(29(31)33-4-2)19-22-14-8-11-17-27(22)34-20-23-18-26(21-12-6-5-7-13-21)30-25-16-10-9-15-24(23)25/h5-18,28H,3-4,19-20H2,1-2H3. The molecule has 5 nitrogen and oxygen atoms in total. The van der Waals surface area contributed by atoms with Crippen molar-refractivity contribution in [2.24, 2.45) is 0 Å². The van der Waals surface area contributed by atoms with Crippen LogP contribution >= 0.6 is 0 Å². The average molecular weight is 456 g/mol. The first kappa shape index (κ1) is 23.5. The highest BCUT2D eigenvalue weighted by Crippen LogP contribution is 2.27. The molecule has 174 valence electrons. The molecule has 0 saturated carbocycles. The lowest BCUT2D eigenvalue weighted by Gasteiger charge is -2.18. The van der Waals surface area contributed by atoms with Crippen molar-refractivity contribution < 1.29 is 19.0 Å². The Balaban J connectivity index is 1.61. The number of ether oxygens (including phenoxy) is 3. The van der Waals surface area contributed by atoms with E-state index in [9.17, 15) is 4.79 Å². The fourth-order valence-electron chi connectivity index (χ4n) is 3.94. The molecule has 0 amide bonds. The quantitative estimate of drug-likeness (QED) is 0.275. The highest BCUT2D eigenvalue weighted by Gasteiger charge is 2.22. The van der Waals surface area contributed by atoms with Crippen molar-refractivity contribution in [3.05, 3.63) is 96.1 Å². The molecule has 0 saturated heterocycles. The summed E-state index contributed by atoms with van der Waals surface area (Å²) in [5.74, 6) is 0.366. The molecule has 1 atom stereocenters. The van der Waals surface area contributed by atoms with Gasteiger partial charge < -0.3 is 14.2 Å². The maximum Gasteiger partial charge on any atom is 0.335 e. The third-order valence-corrected chi connectivity index (χ3v) is 5.55. The zero-order chi connectivity index (χ0) is 23.8.